The fourth-order valence-electron chi connectivity index (χ4n) is 2.32. The Balaban J connectivity index is 1.99. The van der Waals surface area contributed by atoms with Crippen LogP contribution in [0.15, 0.2) is 52.3 Å². The molecule has 108 valence electrons. The molecule has 3 rings (SSSR count). The van der Waals surface area contributed by atoms with Crippen molar-refractivity contribution in [2.75, 3.05) is 0 Å². The molecule has 0 unspecified atom stereocenters. The van der Waals surface area contributed by atoms with Crippen LogP contribution < -0.4 is 4.74 Å². The SMILES string of the molecule is C[C@H](O)c1ccc2ccccc2c1OCc1ccc(Br)s1. The molecule has 0 aliphatic carbocycles. The highest BCUT2D eigenvalue weighted by Gasteiger charge is 2.13. The van der Waals surface area contributed by atoms with Crippen molar-refractivity contribution in [3.63, 3.8) is 0 Å². The lowest BCUT2D eigenvalue weighted by Gasteiger charge is -2.15. The predicted octanol–water partition coefficient (Wildman–Crippen LogP) is 5.30. The summed E-state index contributed by atoms with van der Waals surface area (Å²) in [6.07, 6.45) is -0.556. The first-order valence-electron chi connectivity index (χ1n) is 6.72. The normalized spacial score (nSPS) is 12.5. The van der Waals surface area contributed by atoms with Gasteiger partial charge in [-0.2, -0.15) is 0 Å². The molecule has 0 spiro atoms. The second kappa shape index (κ2) is 6.18. The largest absolute Gasteiger partial charge is 0.487 e. The van der Waals surface area contributed by atoms with Crippen molar-refractivity contribution >= 4 is 38.0 Å². The molecule has 0 fully saturated rings. The van der Waals surface area contributed by atoms with E-state index in [1.54, 1.807) is 18.3 Å². The second-order valence-electron chi connectivity index (χ2n) is 4.88. The fraction of sp³-hybridized carbons (Fsp3) is 0.176. The molecule has 21 heavy (non-hydrogen) atoms. The summed E-state index contributed by atoms with van der Waals surface area (Å²) < 4.78 is 7.13. The van der Waals surface area contributed by atoms with Gasteiger partial charge in [-0.05, 0) is 40.4 Å². The highest BCUT2D eigenvalue weighted by Crippen LogP contribution is 2.34. The summed E-state index contributed by atoms with van der Waals surface area (Å²) in [4.78, 5) is 1.14. The molecule has 2 nitrogen and oxygen atoms in total. The Morgan fingerprint density at radius 1 is 1.14 bits per heavy atom. The monoisotopic (exact) mass is 362 g/mol. The molecule has 0 aliphatic heterocycles. The van der Waals surface area contributed by atoms with Crippen LogP contribution in [0.5, 0.6) is 5.75 Å². The number of hydrogen-bond acceptors (Lipinski definition) is 3. The second-order valence-corrected chi connectivity index (χ2v) is 7.42. The molecule has 0 bridgehead atoms. The van der Waals surface area contributed by atoms with Crippen molar-refractivity contribution in [3.05, 3.63) is 62.8 Å². The molecule has 1 N–H and O–H groups in total. The smallest absolute Gasteiger partial charge is 0.133 e. The van der Waals surface area contributed by atoms with E-state index in [1.165, 1.54) is 0 Å². The molecule has 0 amide bonds. The predicted molar refractivity (Wildman–Crippen MR) is 90.9 cm³/mol. The topological polar surface area (TPSA) is 29.5 Å². The van der Waals surface area contributed by atoms with E-state index in [9.17, 15) is 5.11 Å². The lowest BCUT2D eigenvalue weighted by Crippen LogP contribution is -2.01. The van der Waals surface area contributed by atoms with Crippen LogP contribution in [0, 0.1) is 0 Å². The van der Waals surface area contributed by atoms with Gasteiger partial charge in [0.15, 0.2) is 0 Å². The summed E-state index contributed by atoms with van der Waals surface area (Å²) in [6.45, 7) is 2.27. The lowest BCUT2D eigenvalue weighted by molar-refractivity contribution is 0.191. The number of fused-ring (bicyclic) bond motifs is 1. The minimum atomic E-state index is -0.556. The molecular formula is C17H15BrO2S. The maximum atomic E-state index is 9.98. The summed E-state index contributed by atoms with van der Waals surface area (Å²) >= 11 is 5.11. The van der Waals surface area contributed by atoms with Crippen molar-refractivity contribution in [3.8, 4) is 5.75 Å². The van der Waals surface area contributed by atoms with Gasteiger partial charge in [0.1, 0.15) is 12.4 Å². The summed E-state index contributed by atoms with van der Waals surface area (Å²) in [5.74, 6) is 0.771. The third-order valence-electron chi connectivity index (χ3n) is 3.35. The third-order valence-corrected chi connectivity index (χ3v) is 4.94. The van der Waals surface area contributed by atoms with Gasteiger partial charge in [-0.15, -0.1) is 11.3 Å². The zero-order chi connectivity index (χ0) is 14.8. The van der Waals surface area contributed by atoms with Gasteiger partial charge in [0.05, 0.1) is 9.89 Å². The summed E-state index contributed by atoms with van der Waals surface area (Å²) in [5.41, 5.74) is 0.823. The Kier molecular flexibility index (Phi) is 4.29. The first kappa shape index (κ1) is 14.6. The van der Waals surface area contributed by atoms with Crippen molar-refractivity contribution in [1.82, 2.24) is 0 Å². The molecular weight excluding hydrogens is 348 g/mol. The maximum Gasteiger partial charge on any atom is 0.133 e. The quantitative estimate of drug-likeness (QED) is 0.682. The molecule has 2 aromatic carbocycles. The van der Waals surface area contributed by atoms with Crippen molar-refractivity contribution in [2.24, 2.45) is 0 Å². The molecule has 1 heterocycles. The minimum absolute atomic E-state index is 0.504. The number of benzene rings is 2. The number of aliphatic hydroxyl groups is 1. The average Bonchev–Trinajstić information content (AvgIpc) is 2.90. The van der Waals surface area contributed by atoms with Crippen molar-refractivity contribution in [1.29, 1.82) is 0 Å². The Labute approximate surface area is 136 Å². The van der Waals surface area contributed by atoms with Crippen LogP contribution >= 0.6 is 27.3 Å². The van der Waals surface area contributed by atoms with Crippen molar-refractivity contribution in [2.45, 2.75) is 19.6 Å². The van der Waals surface area contributed by atoms with E-state index in [0.29, 0.717) is 6.61 Å². The van der Waals surface area contributed by atoms with Crippen LogP contribution in [-0.4, -0.2) is 5.11 Å². The van der Waals surface area contributed by atoms with E-state index in [-0.39, 0.29) is 0 Å². The maximum absolute atomic E-state index is 9.98. The van der Waals surface area contributed by atoms with Gasteiger partial charge in [-0.25, -0.2) is 0 Å². The van der Waals surface area contributed by atoms with E-state index < -0.39 is 6.10 Å². The molecule has 0 saturated carbocycles. The molecule has 1 atom stereocenters. The van der Waals surface area contributed by atoms with Gasteiger partial charge in [0.2, 0.25) is 0 Å². The Morgan fingerprint density at radius 3 is 2.67 bits per heavy atom. The van der Waals surface area contributed by atoms with Crippen LogP contribution in [0.2, 0.25) is 0 Å². The zero-order valence-electron chi connectivity index (χ0n) is 11.5. The van der Waals surface area contributed by atoms with Crippen LogP contribution in [0.3, 0.4) is 0 Å². The number of halogens is 1. The molecule has 0 saturated heterocycles. The molecule has 3 aromatic rings. The highest BCUT2D eigenvalue weighted by molar-refractivity contribution is 9.11. The van der Waals surface area contributed by atoms with E-state index in [2.05, 4.69) is 22.0 Å². The van der Waals surface area contributed by atoms with Crippen LogP contribution in [-0.2, 0) is 6.61 Å². The van der Waals surface area contributed by atoms with E-state index in [4.69, 9.17) is 4.74 Å². The standard InChI is InChI=1S/C17H15BrO2S/c1-11(19)14-8-6-12-4-2-3-5-15(12)17(14)20-10-13-7-9-16(18)21-13/h2-9,11,19H,10H2,1H3/t11-/m0/s1. The van der Waals surface area contributed by atoms with E-state index >= 15 is 0 Å². The summed E-state index contributed by atoms with van der Waals surface area (Å²) in [6, 6.07) is 16.1. The summed E-state index contributed by atoms with van der Waals surface area (Å²) in [5, 5.41) is 12.1. The van der Waals surface area contributed by atoms with Crippen LogP contribution in [0.4, 0.5) is 0 Å². The molecule has 0 radical (unpaired) electrons. The molecule has 4 heteroatoms. The van der Waals surface area contributed by atoms with Crippen LogP contribution in [0.1, 0.15) is 23.5 Å². The molecule has 0 aliphatic rings. The van der Waals surface area contributed by atoms with Crippen molar-refractivity contribution < 1.29 is 9.84 Å². The van der Waals surface area contributed by atoms with E-state index in [1.807, 2.05) is 42.5 Å². The first-order valence-corrected chi connectivity index (χ1v) is 8.33. The third kappa shape index (κ3) is 3.12. The van der Waals surface area contributed by atoms with E-state index in [0.717, 1.165) is 30.7 Å². The Hall–Kier alpha value is -1.36. The Bertz CT molecular complexity index is 764. The molecule has 1 aromatic heterocycles. The lowest BCUT2D eigenvalue weighted by atomic mass is 10.0. The number of rotatable bonds is 4. The van der Waals surface area contributed by atoms with Gasteiger partial charge in [0.25, 0.3) is 0 Å². The number of ether oxygens (including phenoxy) is 1. The highest BCUT2D eigenvalue weighted by atomic mass is 79.9. The van der Waals surface area contributed by atoms with Gasteiger partial charge in [-0.3, -0.25) is 0 Å². The van der Waals surface area contributed by atoms with Gasteiger partial charge in [0, 0.05) is 15.8 Å². The van der Waals surface area contributed by atoms with Crippen LogP contribution in [0.25, 0.3) is 10.8 Å². The zero-order valence-corrected chi connectivity index (χ0v) is 13.9. The minimum Gasteiger partial charge on any atom is -0.487 e. The number of aliphatic hydroxyl groups excluding tert-OH is 1. The average molecular weight is 363 g/mol. The first-order chi connectivity index (χ1) is 10.1. The number of hydrogen-bond donors (Lipinski definition) is 1. The van der Waals surface area contributed by atoms with Gasteiger partial charge < -0.3 is 9.84 Å². The number of thiophene rings is 1. The Morgan fingerprint density at radius 2 is 1.95 bits per heavy atom. The summed E-state index contributed by atoms with van der Waals surface area (Å²) in [7, 11) is 0. The van der Waals surface area contributed by atoms with Gasteiger partial charge in [-0.1, -0.05) is 36.4 Å². The fourth-order valence-corrected chi connectivity index (χ4v) is 3.72. The van der Waals surface area contributed by atoms with Gasteiger partial charge >= 0.3 is 0 Å².